The molecule has 0 bridgehead atoms. The molecule has 2 aromatic carbocycles. The average molecular weight is 493 g/mol. The summed E-state index contributed by atoms with van der Waals surface area (Å²) in [5.41, 5.74) is 0.839. The highest BCUT2D eigenvalue weighted by Gasteiger charge is 2.34. The monoisotopic (exact) mass is 492 g/mol. The molecule has 1 aliphatic rings. The van der Waals surface area contributed by atoms with Crippen LogP contribution in [0.2, 0.25) is 5.02 Å². The number of nitrogens with zero attached hydrogens (tertiary/aromatic N) is 1. The number of halogens is 1. The number of nitrogens with one attached hydrogen (secondary N) is 1. The Balaban J connectivity index is 1.84. The molecule has 1 fully saturated rings. The Labute approximate surface area is 200 Å². The quantitative estimate of drug-likeness (QED) is 0.524. The second kappa shape index (κ2) is 9.73. The predicted octanol–water partition coefficient (Wildman–Crippen LogP) is 4.99. The summed E-state index contributed by atoms with van der Waals surface area (Å²) in [4.78, 5) is 25.9. The number of rotatable bonds is 8. The van der Waals surface area contributed by atoms with E-state index in [2.05, 4.69) is 5.32 Å². The van der Waals surface area contributed by atoms with Crippen LogP contribution in [0, 0.1) is 5.41 Å². The Hall–Kier alpha value is -2.58. The lowest BCUT2D eigenvalue weighted by atomic mass is 9.91. The van der Waals surface area contributed by atoms with Crippen molar-refractivity contribution in [1.82, 2.24) is 4.90 Å². The molecule has 2 amide bonds. The first-order valence-corrected chi connectivity index (χ1v) is 12.5. The largest absolute Gasteiger partial charge is 0.379 e. The molecule has 0 radical (unpaired) electrons. The topological polar surface area (TPSA) is 92.8 Å². The minimum atomic E-state index is -4.14. The first kappa shape index (κ1) is 25.1. The van der Waals surface area contributed by atoms with E-state index in [1.807, 2.05) is 20.8 Å². The highest BCUT2D eigenvalue weighted by molar-refractivity contribution is 7.87. The lowest BCUT2D eigenvalue weighted by Gasteiger charge is -2.27. The maximum Gasteiger partial charge on any atom is 0.339 e. The summed E-state index contributed by atoms with van der Waals surface area (Å²) in [6.07, 6.45) is 2.23. The number of carbonyl (C=O) groups excluding carboxylic acids is 2. The van der Waals surface area contributed by atoms with Crippen molar-refractivity contribution in [3.63, 3.8) is 0 Å². The number of hydrogen-bond acceptors (Lipinski definition) is 5. The van der Waals surface area contributed by atoms with Gasteiger partial charge in [0.2, 0.25) is 11.8 Å². The van der Waals surface area contributed by atoms with E-state index in [0.717, 1.165) is 12.8 Å². The van der Waals surface area contributed by atoms with Crippen LogP contribution in [-0.2, 0) is 26.3 Å². The van der Waals surface area contributed by atoms with Crippen molar-refractivity contribution in [1.29, 1.82) is 0 Å². The van der Waals surface area contributed by atoms with Gasteiger partial charge in [-0.25, -0.2) is 0 Å². The summed E-state index contributed by atoms with van der Waals surface area (Å²) in [7, 11) is -4.14. The fourth-order valence-corrected chi connectivity index (χ4v) is 4.53. The van der Waals surface area contributed by atoms with Gasteiger partial charge in [0.1, 0.15) is 10.6 Å². The van der Waals surface area contributed by atoms with Gasteiger partial charge in [-0.2, -0.15) is 8.42 Å². The molecule has 0 heterocycles. The van der Waals surface area contributed by atoms with E-state index in [-0.39, 0.29) is 40.5 Å². The van der Waals surface area contributed by atoms with E-state index >= 15 is 0 Å². The summed E-state index contributed by atoms with van der Waals surface area (Å²) < 4.78 is 31.3. The average Bonchev–Trinajstić information content (AvgIpc) is 3.51. The molecule has 0 aliphatic heterocycles. The van der Waals surface area contributed by atoms with Gasteiger partial charge in [0.05, 0.1) is 0 Å². The van der Waals surface area contributed by atoms with Crippen molar-refractivity contribution in [2.45, 2.75) is 64.4 Å². The Morgan fingerprint density at radius 2 is 1.76 bits per heavy atom. The van der Waals surface area contributed by atoms with E-state index in [4.69, 9.17) is 15.8 Å². The van der Waals surface area contributed by atoms with Gasteiger partial charge in [0, 0.05) is 42.2 Å². The lowest BCUT2D eigenvalue weighted by molar-refractivity contribution is -0.134. The van der Waals surface area contributed by atoms with Crippen molar-refractivity contribution in [2.75, 3.05) is 5.32 Å². The summed E-state index contributed by atoms with van der Waals surface area (Å²) in [5, 5.41) is 3.01. The molecule has 0 unspecified atom stereocenters. The number of hydrogen-bond donors (Lipinski definition) is 1. The highest BCUT2D eigenvalue weighted by Crippen LogP contribution is 2.34. The molecule has 0 spiro atoms. The molecule has 1 N–H and O–H groups in total. The molecule has 178 valence electrons. The Kier molecular flexibility index (Phi) is 7.39. The van der Waals surface area contributed by atoms with Gasteiger partial charge in [-0.1, -0.05) is 32.4 Å². The molecule has 1 saturated carbocycles. The van der Waals surface area contributed by atoms with Crippen LogP contribution in [0.25, 0.3) is 0 Å². The van der Waals surface area contributed by atoms with Gasteiger partial charge in [-0.15, -0.1) is 0 Å². The van der Waals surface area contributed by atoms with Gasteiger partial charge in [0.15, 0.2) is 0 Å². The molecule has 1 aliphatic carbocycles. The molecule has 0 saturated heterocycles. The van der Waals surface area contributed by atoms with Gasteiger partial charge in [0.25, 0.3) is 0 Å². The predicted molar refractivity (Wildman–Crippen MR) is 128 cm³/mol. The van der Waals surface area contributed by atoms with Crippen LogP contribution >= 0.6 is 11.6 Å². The van der Waals surface area contributed by atoms with Crippen molar-refractivity contribution in [3.05, 3.63) is 53.1 Å². The van der Waals surface area contributed by atoms with E-state index in [1.54, 1.807) is 17.0 Å². The fourth-order valence-electron chi connectivity index (χ4n) is 3.37. The highest BCUT2D eigenvalue weighted by atomic mass is 35.5. The second-order valence-corrected chi connectivity index (χ2v) is 11.5. The normalized spacial score (nSPS) is 14.0. The minimum absolute atomic E-state index is 0.0207. The van der Waals surface area contributed by atoms with E-state index < -0.39 is 10.1 Å². The van der Waals surface area contributed by atoms with E-state index in [9.17, 15) is 18.0 Å². The Morgan fingerprint density at radius 3 is 2.30 bits per heavy atom. The van der Waals surface area contributed by atoms with Crippen molar-refractivity contribution >= 4 is 39.2 Å². The molecular weight excluding hydrogens is 464 g/mol. The van der Waals surface area contributed by atoms with Crippen molar-refractivity contribution < 1.29 is 22.2 Å². The summed E-state index contributed by atoms with van der Waals surface area (Å²) in [6, 6.07) is 10.5. The number of carbonyl (C=O) groups is 2. The van der Waals surface area contributed by atoms with Crippen molar-refractivity contribution in [3.8, 4) is 5.75 Å². The molecular formula is C24H29ClN2O5S. The lowest BCUT2D eigenvalue weighted by Crippen LogP contribution is -2.35. The minimum Gasteiger partial charge on any atom is -0.379 e. The summed E-state index contributed by atoms with van der Waals surface area (Å²) >= 11 is 6.19. The van der Waals surface area contributed by atoms with Gasteiger partial charge in [-0.05, 0) is 60.7 Å². The maximum atomic E-state index is 13.0. The molecule has 0 atom stereocenters. The first-order chi connectivity index (χ1) is 15.3. The maximum absolute atomic E-state index is 13.0. The van der Waals surface area contributed by atoms with Gasteiger partial charge in [-0.3, -0.25) is 9.59 Å². The third-order valence-electron chi connectivity index (χ3n) is 5.02. The third-order valence-corrected chi connectivity index (χ3v) is 6.50. The summed E-state index contributed by atoms with van der Waals surface area (Å²) in [6.45, 7) is 7.61. The number of amides is 2. The van der Waals surface area contributed by atoms with Crippen LogP contribution in [0.15, 0.2) is 47.4 Å². The first-order valence-electron chi connectivity index (χ1n) is 10.7. The summed E-state index contributed by atoms with van der Waals surface area (Å²) in [5.74, 6) is -0.110. The number of anilines is 1. The van der Waals surface area contributed by atoms with Crippen LogP contribution in [0.1, 0.15) is 52.5 Å². The smallest absolute Gasteiger partial charge is 0.339 e. The number of benzene rings is 2. The molecule has 3 rings (SSSR count). The van der Waals surface area contributed by atoms with Gasteiger partial charge >= 0.3 is 10.1 Å². The fraction of sp³-hybridized carbons (Fsp3) is 0.417. The second-order valence-electron chi connectivity index (χ2n) is 9.49. The zero-order valence-corrected chi connectivity index (χ0v) is 20.8. The van der Waals surface area contributed by atoms with Crippen LogP contribution in [-0.4, -0.2) is 31.2 Å². The molecule has 9 heteroatoms. The molecule has 7 nitrogen and oxygen atoms in total. The molecule has 0 aromatic heterocycles. The van der Waals surface area contributed by atoms with Crippen LogP contribution in [0.5, 0.6) is 5.75 Å². The zero-order valence-electron chi connectivity index (χ0n) is 19.2. The molecule has 33 heavy (non-hydrogen) atoms. The third kappa shape index (κ3) is 7.20. The van der Waals surface area contributed by atoms with Crippen molar-refractivity contribution in [2.24, 2.45) is 5.41 Å². The van der Waals surface area contributed by atoms with Crippen LogP contribution < -0.4 is 9.50 Å². The standard InChI is InChI=1S/C24H29ClN2O5S/c1-16(28)26-19-6-10-21(11-7-19)33(30,31)32-22-12-5-18(25)13-17(22)15-27(20-8-9-20)23(29)14-24(2,3)4/h5-7,10-13,20H,8-9,14-15H2,1-4H3,(H,26,28). The Morgan fingerprint density at radius 1 is 1.12 bits per heavy atom. The van der Waals surface area contributed by atoms with Gasteiger partial charge < -0.3 is 14.4 Å². The Bertz CT molecular complexity index is 1140. The van der Waals surface area contributed by atoms with Crippen LogP contribution in [0.3, 0.4) is 0 Å². The molecule has 2 aromatic rings. The SMILES string of the molecule is CC(=O)Nc1ccc(S(=O)(=O)Oc2ccc(Cl)cc2CN(C(=O)CC(C)(C)C)C2CC2)cc1. The zero-order chi connectivity index (χ0) is 24.4. The van der Waals surface area contributed by atoms with E-state index in [0.29, 0.717) is 22.7 Å². The van der Waals surface area contributed by atoms with E-state index in [1.165, 1.54) is 37.3 Å². The van der Waals surface area contributed by atoms with Crippen LogP contribution in [0.4, 0.5) is 5.69 Å².